The third kappa shape index (κ3) is 3.38. The summed E-state index contributed by atoms with van der Waals surface area (Å²) in [5.41, 5.74) is 1.37. The summed E-state index contributed by atoms with van der Waals surface area (Å²) in [7, 11) is -0.343. The first-order chi connectivity index (χ1) is 9.62. The lowest BCUT2D eigenvalue weighted by Crippen LogP contribution is -2.41. The highest BCUT2D eigenvalue weighted by Gasteiger charge is 2.51. The van der Waals surface area contributed by atoms with Gasteiger partial charge in [-0.25, -0.2) is 0 Å². The van der Waals surface area contributed by atoms with Gasteiger partial charge in [0, 0.05) is 12.3 Å². The monoisotopic (exact) mass is 288 g/mol. The summed E-state index contributed by atoms with van der Waals surface area (Å²) < 4.78 is 12.0. The molecular formula is C17H25BO3. The van der Waals surface area contributed by atoms with Crippen LogP contribution >= 0.6 is 0 Å². The summed E-state index contributed by atoms with van der Waals surface area (Å²) in [4.78, 5) is 11.8. The van der Waals surface area contributed by atoms with Gasteiger partial charge in [0.15, 0.2) is 0 Å². The molecule has 1 aliphatic rings. The van der Waals surface area contributed by atoms with Gasteiger partial charge >= 0.3 is 7.12 Å². The van der Waals surface area contributed by atoms with Gasteiger partial charge in [-0.15, -0.1) is 0 Å². The van der Waals surface area contributed by atoms with Gasteiger partial charge in [-0.05, 0) is 38.7 Å². The lowest BCUT2D eigenvalue weighted by molar-refractivity contribution is -0.121. The van der Waals surface area contributed by atoms with Gasteiger partial charge in [0.25, 0.3) is 0 Å². The van der Waals surface area contributed by atoms with E-state index >= 15 is 0 Å². The molecule has 1 saturated heterocycles. The average Bonchev–Trinajstić information content (AvgIpc) is 2.59. The summed E-state index contributed by atoms with van der Waals surface area (Å²) in [6.45, 7) is 12.0. The molecule has 4 heteroatoms. The maximum atomic E-state index is 11.8. The molecule has 1 aromatic carbocycles. The highest BCUT2D eigenvalue weighted by Crippen LogP contribution is 2.36. The molecule has 0 radical (unpaired) electrons. The van der Waals surface area contributed by atoms with E-state index < -0.39 is 0 Å². The van der Waals surface area contributed by atoms with Crippen molar-refractivity contribution in [2.24, 2.45) is 5.92 Å². The van der Waals surface area contributed by atoms with Crippen LogP contribution in [0.1, 0.15) is 47.1 Å². The van der Waals surface area contributed by atoms with Crippen molar-refractivity contribution >= 4 is 18.4 Å². The largest absolute Gasteiger partial charge is 0.494 e. The lowest BCUT2D eigenvalue weighted by Gasteiger charge is -2.32. The zero-order valence-corrected chi connectivity index (χ0v) is 13.9. The van der Waals surface area contributed by atoms with E-state index in [0.29, 0.717) is 6.42 Å². The van der Waals surface area contributed by atoms with Gasteiger partial charge in [-0.3, -0.25) is 4.79 Å². The summed E-state index contributed by atoms with van der Waals surface area (Å²) in [6.07, 6.45) is 0.487. The number of hydrogen-bond donors (Lipinski definition) is 0. The van der Waals surface area contributed by atoms with Crippen LogP contribution in [0.4, 0.5) is 0 Å². The molecule has 21 heavy (non-hydrogen) atoms. The Balaban J connectivity index is 2.09. The molecule has 1 fully saturated rings. The summed E-state index contributed by atoms with van der Waals surface area (Å²) in [5.74, 6) is 0.339. The second-order valence-corrected chi connectivity index (χ2v) is 7.13. The quantitative estimate of drug-likeness (QED) is 0.799. The predicted octanol–water partition coefficient (Wildman–Crippen LogP) is 2.75. The molecule has 0 atom stereocenters. The second-order valence-electron chi connectivity index (χ2n) is 7.13. The normalized spacial score (nSPS) is 20.0. The summed E-state index contributed by atoms with van der Waals surface area (Å²) in [6, 6.07) is 7.96. The molecule has 3 nitrogen and oxygen atoms in total. The Hall–Kier alpha value is -1.13. The zero-order chi connectivity index (χ0) is 15.8. The maximum absolute atomic E-state index is 11.8. The molecule has 114 valence electrons. The standard InChI is InChI=1S/C17H25BO3/c1-12(2)15(19)11-13-7-9-14(10-8-13)18-20-16(3,4)17(5,6)21-18/h7-10,12H,11H2,1-6H3. The van der Waals surface area contributed by atoms with Gasteiger partial charge in [-0.1, -0.05) is 38.1 Å². The van der Waals surface area contributed by atoms with Gasteiger partial charge in [0.2, 0.25) is 0 Å². The fraction of sp³-hybridized carbons (Fsp3) is 0.588. The van der Waals surface area contributed by atoms with Crippen molar-refractivity contribution in [2.75, 3.05) is 0 Å². The third-order valence-electron chi connectivity index (χ3n) is 4.53. The number of carbonyl (C=O) groups excluding carboxylic acids is 1. The van der Waals surface area contributed by atoms with Crippen molar-refractivity contribution < 1.29 is 14.1 Å². The van der Waals surface area contributed by atoms with E-state index in [0.717, 1.165) is 11.0 Å². The molecule has 1 aliphatic heterocycles. The third-order valence-corrected chi connectivity index (χ3v) is 4.53. The van der Waals surface area contributed by atoms with E-state index in [1.807, 2.05) is 65.8 Å². The van der Waals surface area contributed by atoms with Crippen LogP contribution in [0.3, 0.4) is 0 Å². The van der Waals surface area contributed by atoms with Gasteiger partial charge < -0.3 is 9.31 Å². The first kappa shape index (κ1) is 16.2. The van der Waals surface area contributed by atoms with E-state index in [9.17, 15) is 4.79 Å². The maximum Gasteiger partial charge on any atom is 0.494 e. The molecule has 0 N–H and O–H groups in total. The van der Waals surface area contributed by atoms with Crippen LogP contribution in [0.15, 0.2) is 24.3 Å². The van der Waals surface area contributed by atoms with Crippen LogP contribution in [0.25, 0.3) is 0 Å². The minimum absolute atomic E-state index is 0.0766. The highest BCUT2D eigenvalue weighted by atomic mass is 16.7. The van der Waals surface area contributed by atoms with Gasteiger partial charge in [0.05, 0.1) is 11.2 Å². The van der Waals surface area contributed by atoms with Crippen molar-refractivity contribution in [1.82, 2.24) is 0 Å². The van der Waals surface area contributed by atoms with Crippen LogP contribution in [-0.2, 0) is 20.5 Å². The van der Waals surface area contributed by atoms with Crippen molar-refractivity contribution in [3.63, 3.8) is 0 Å². The zero-order valence-electron chi connectivity index (χ0n) is 13.9. The smallest absolute Gasteiger partial charge is 0.399 e. The Morgan fingerprint density at radius 1 is 1.05 bits per heavy atom. The molecule has 0 amide bonds. The van der Waals surface area contributed by atoms with Crippen LogP contribution in [0.2, 0.25) is 0 Å². The molecule has 0 unspecified atom stereocenters. The number of Topliss-reactive ketones (excluding diaryl/α,β-unsaturated/α-hetero) is 1. The molecule has 1 aromatic rings. The second kappa shape index (κ2) is 5.58. The highest BCUT2D eigenvalue weighted by molar-refractivity contribution is 6.62. The Kier molecular flexibility index (Phi) is 4.32. The molecular weight excluding hydrogens is 263 g/mol. The number of rotatable bonds is 4. The summed E-state index contributed by atoms with van der Waals surface area (Å²) in [5, 5.41) is 0. The Morgan fingerprint density at radius 3 is 1.95 bits per heavy atom. The Bertz CT molecular complexity index is 501. The van der Waals surface area contributed by atoms with Crippen molar-refractivity contribution in [3.8, 4) is 0 Å². The Morgan fingerprint density at radius 2 is 1.52 bits per heavy atom. The van der Waals surface area contributed by atoms with Crippen LogP contribution in [-0.4, -0.2) is 24.1 Å². The average molecular weight is 288 g/mol. The van der Waals surface area contributed by atoms with Crippen molar-refractivity contribution in [2.45, 2.75) is 59.2 Å². The topological polar surface area (TPSA) is 35.5 Å². The van der Waals surface area contributed by atoms with E-state index in [1.54, 1.807) is 0 Å². The van der Waals surface area contributed by atoms with E-state index in [-0.39, 0.29) is 30.0 Å². The lowest BCUT2D eigenvalue weighted by atomic mass is 9.78. The van der Waals surface area contributed by atoms with Crippen LogP contribution in [0, 0.1) is 5.92 Å². The fourth-order valence-electron chi connectivity index (χ4n) is 2.18. The first-order valence-corrected chi connectivity index (χ1v) is 7.59. The molecule has 0 aliphatic carbocycles. The number of benzene rings is 1. The molecule has 0 aromatic heterocycles. The SMILES string of the molecule is CC(C)C(=O)Cc1ccc(B2OC(C)(C)C(C)(C)O2)cc1. The predicted molar refractivity (Wildman–Crippen MR) is 85.7 cm³/mol. The fourth-order valence-corrected chi connectivity index (χ4v) is 2.18. The minimum atomic E-state index is -0.343. The van der Waals surface area contributed by atoms with Crippen molar-refractivity contribution in [1.29, 1.82) is 0 Å². The number of carbonyl (C=O) groups is 1. The first-order valence-electron chi connectivity index (χ1n) is 7.59. The Labute approximate surface area is 128 Å². The van der Waals surface area contributed by atoms with Crippen molar-refractivity contribution in [3.05, 3.63) is 29.8 Å². The van der Waals surface area contributed by atoms with E-state index in [2.05, 4.69) is 0 Å². The van der Waals surface area contributed by atoms with Crippen LogP contribution in [0.5, 0.6) is 0 Å². The molecule has 2 rings (SSSR count). The van der Waals surface area contributed by atoms with Crippen LogP contribution < -0.4 is 5.46 Å². The van der Waals surface area contributed by atoms with E-state index in [4.69, 9.17) is 9.31 Å². The van der Waals surface area contributed by atoms with E-state index in [1.165, 1.54) is 0 Å². The molecule has 0 bridgehead atoms. The molecule has 0 saturated carbocycles. The molecule has 1 heterocycles. The minimum Gasteiger partial charge on any atom is -0.399 e. The summed E-state index contributed by atoms with van der Waals surface area (Å²) >= 11 is 0. The van der Waals surface area contributed by atoms with Gasteiger partial charge in [-0.2, -0.15) is 0 Å². The van der Waals surface area contributed by atoms with Gasteiger partial charge in [0.1, 0.15) is 5.78 Å². The number of hydrogen-bond acceptors (Lipinski definition) is 3. The molecule has 0 spiro atoms. The number of ketones is 1.